The second kappa shape index (κ2) is 10.8. The molecule has 1 aromatic rings. The molecule has 1 aliphatic carbocycles. The summed E-state index contributed by atoms with van der Waals surface area (Å²) in [5.41, 5.74) is 1.70. The summed E-state index contributed by atoms with van der Waals surface area (Å²) < 4.78 is 32.2. The lowest BCUT2D eigenvalue weighted by Crippen LogP contribution is -2.49. The zero-order valence-electron chi connectivity index (χ0n) is 19.7. The van der Waals surface area contributed by atoms with Crippen LogP contribution in [0.2, 0.25) is 0 Å². The Bertz CT molecular complexity index is 1040. The third-order valence-corrected chi connectivity index (χ3v) is 8.49. The summed E-state index contributed by atoms with van der Waals surface area (Å²) in [5, 5.41) is 15.0. The number of rotatable bonds is 6. The minimum absolute atomic E-state index is 0.00820. The molecule has 34 heavy (non-hydrogen) atoms. The molecule has 0 bridgehead atoms. The van der Waals surface area contributed by atoms with Gasteiger partial charge in [0.1, 0.15) is 6.04 Å². The van der Waals surface area contributed by atoms with Gasteiger partial charge in [-0.1, -0.05) is 25.8 Å². The van der Waals surface area contributed by atoms with Gasteiger partial charge < -0.3 is 15.2 Å². The summed E-state index contributed by atoms with van der Waals surface area (Å²) in [6, 6.07) is 2.68. The molecule has 3 rings (SSSR count). The molecule has 4 atom stereocenters. The maximum absolute atomic E-state index is 13.1. The van der Waals surface area contributed by atoms with Gasteiger partial charge in [-0.05, 0) is 55.9 Å². The standard InChI is InChI=1S/C23H33N3O7S/c1-14-8-9-18(10-16(14)3)34(31,32)26-12-17(27)11-20(26)22(29)33-13-21(28)25-23(30)24-19-7-5-4-6-15(19)2/h8-10,15,17,19-20,27H,4-7,11-13H2,1-3H3,(H2,24,25,28,30)/t15?,17?,19?,20-/m0/s1. The minimum Gasteiger partial charge on any atom is -0.454 e. The van der Waals surface area contributed by atoms with Crippen LogP contribution in [0.5, 0.6) is 0 Å². The van der Waals surface area contributed by atoms with Gasteiger partial charge in [-0.25, -0.2) is 13.2 Å². The van der Waals surface area contributed by atoms with Crippen LogP contribution < -0.4 is 10.6 Å². The van der Waals surface area contributed by atoms with Gasteiger partial charge in [0.05, 0.1) is 11.0 Å². The lowest BCUT2D eigenvalue weighted by atomic mass is 9.86. The first-order valence-corrected chi connectivity index (χ1v) is 13.0. The average molecular weight is 496 g/mol. The van der Waals surface area contributed by atoms with Gasteiger partial charge in [-0.15, -0.1) is 0 Å². The van der Waals surface area contributed by atoms with Crippen LogP contribution in [0.3, 0.4) is 0 Å². The van der Waals surface area contributed by atoms with E-state index in [0.29, 0.717) is 5.92 Å². The normalized spacial score (nSPS) is 25.5. The number of aliphatic hydroxyl groups excluding tert-OH is 1. The summed E-state index contributed by atoms with van der Waals surface area (Å²) in [5.74, 6) is -1.47. The van der Waals surface area contributed by atoms with E-state index in [1.54, 1.807) is 13.0 Å². The number of hydrogen-bond acceptors (Lipinski definition) is 7. The van der Waals surface area contributed by atoms with Crippen molar-refractivity contribution in [3.63, 3.8) is 0 Å². The number of ether oxygens (including phenoxy) is 1. The summed E-state index contributed by atoms with van der Waals surface area (Å²) in [4.78, 5) is 36.8. The van der Waals surface area contributed by atoms with Crippen LogP contribution in [0.15, 0.2) is 23.1 Å². The highest BCUT2D eigenvalue weighted by molar-refractivity contribution is 7.89. The number of carbonyl (C=O) groups excluding carboxylic acids is 3. The number of β-amino-alcohol motifs (C(OH)–C–C–N with tert-alkyl or cyclic N) is 1. The molecule has 0 aromatic heterocycles. The molecule has 2 aliphatic rings. The van der Waals surface area contributed by atoms with Crippen molar-refractivity contribution in [1.82, 2.24) is 14.9 Å². The van der Waals surface area contributed by atoms with E-state index < -0.39 is 46.7 Å². The maximum atomic E-state index is 13.1. The summed E-state index contributed by atoms with van der Waals surface area (Å²) >= 11 is 0. The molecule has 3 N–H and O–H groups in total. The number of carbonyl (C=O) groups is 3. The van der Waals surface area contributed by atoms with E-state index in [1.807, 2.05) is 13.8 Å². The Balaban J connectivity index is 1.58. The molecule has 1 aromatic carbocycles. The molecule has 0 radical (unpaired) electrons. The van der Waals surface area contributed by atoms with Gasteiger partial charge in [0, 0.05) is 19.0 Å². The largest absolute Gasteiger partial charge is 0.454 e. The Kier molecular flexibility index (Phi) is 8.32. The lowest BCUT2D eigenvalue weighted by molar-refractivity contribution is -0.151. The van der Waals surface area contributed by atoms with Gasteiger partial charge >= 0.3 is 12.0 Å². The monoisotopic (exact) mass is 495 g/mol. The van der Waals surface area contributed by atoms with Crippen LogP contribution in [0, 0.1) is 19.8 Å². The number of amides is 3. The first kappa shape index (κ1) is 26.1. The van der Waals surface area contributed by atoms with Crippen molar-refractivity contribution in [2.75, 3.05) is 13.2 Å². The number of benzene rings is 1. The fourth-order valence-corrected chi connectivity index (χ4v) is 6.12. The van der Waals surface area contributed by atoms with Crippen molar-refractivity contribution in [3.8, 4) is 0 Å². The first-order chi connectivity index (χ1) is 16.0. The van der Waals surface area contributed by atoms with Crippen LogP contribution in [-0.4, -0.2) is 67.1 Å². The van der Waals surface area contributed by atoms with Crippen molar-refractivity contribution >= 4 is 27.9 Å². The number of nitrogens with zero attached hydrogens (tertiary/aromatic N) is 1. The van der Waals surface area contributed by atoms with Gasteiger partial charge in [0.25, 0.3) is 5.91 Å². The molecule has 1 saturated heterocycles. The predicted octanol–water partition coefficient (Wildman–Crippen LogP) is 1.38. The van der Waals surface area contributed by atoms with Crippen molar-refractivity contribution in [3.05, 3.63) is 29.3 Å². The van der Waals surface area contributed by atoms with Gasteiger partial charge in [-0.3, -0.25) is 14.9 Å². The molecule has 1 aliphatic heterocycles. The SMILES string of the molecule is Cc1ccc(S(=O)(=O)N2CC(O)C[C@H]2C(=O)OCC(=O)NC(=O)NC2CCCCC2C)cc1C. The second-order valence-electron chi connectivity index (χ2n) is 9.22. The Labute approximate surface area is 200 Å². The van der Waals surface area contributed by atoms with Gasteiger partial charge in [0.2, 0.25) is 10.0 Å². The summed E-state index contributed by atoms with van der Waals surface area (Å²) in [6.45, 7) is 4.68. The van der Waals surface area contributed by atoms with Gasteiger partial charge in [0.15, 0.2) is 6.61 Å². The van der Waals surface area contributed by atoms with Crippen LogP contribution >= 0.6 is 0 Å². The smallest absolute Gasteiger partial charge is 0.325 e. The third kappa shape index (κ3) is 6.13. The number of esters is 1. The lowest BCUT2D eigenvalue weighted by Gasteiger charge is -2.29. The van der Waals surface area contributed by atoms with Crippen molar-refractivity contribution in [2.24, 2.45) is 5.92 Å². The van der Waals surface area contributed by atoms with E-state index in [0.717, 1.165) is 41.1 Å². The second-order valence-corrected chi connectivity index (χ2v) is 11.1. The molecule has 0 spiro atoms. The Hall–Kier alpha value is -2.50. The molecule has 3 amide bonds. The highest BCUT2D eigenvalue weighted by Gasteiger charge is 2.44. The van der Waals surface area contributed by atoms with Crippen molar-refractivity contribution < 1.29 is 32.6 Å². The van der Waals surface area contributed by atoms with Crippen LogP contribution in [0.4, 0.5) is 4.79 Å². The number of aliphatic hydroxyl groups is 1. The predicted molar refractivity (Wildman–Crippen MR) is 123 cm³/mol. The van der Waals surface area contributed by atoms with E-state index in [-0.39, 0.29) is 23.9 Å². The highest BCUT2D eigenvalue weighted by atomic mass is 32.2. The number of nitrogens with one attached hydrogen (secondary N) is 2. The minimum atomic E-state index is -4.08. The van der Waals surface area contributed by atoms with Crippen LogP contribution in [-0.2, 0) is 24.3 Å². The molecule has 1 heterocycles. The number of sulfonamides is 1. The molecular formula is C23H33N3O7S. The van der Waals surface area contributed by atoms with Crippen molar-refractivity contribution in [1.29, 1.82) is 0 Å². The fourth-order valence-electron chi connectivity index (χ4n) is 4.40. The first-order valence-electron chi connectivity index (χ1n) is 11.5. The molecule has 10 nitrogen and oxygen atoms in total. The van der Waals surface area contributed by atoms with E-state index in [9.17, 15) is 27.9 Å². The highest BCUT2D eigenvalue weighted by Crippen LogP contribution is 2.28. The molecule has 188 valence electrons. The van der Waals surface area contributed by atoms with E-state index >= 15 is 0 Å². The zero-order chi connectivity index (χ0) is 25.0. The van der Waals surface area contributed by atoms with Gasteiger partial charge in [-0.2, -0.15) is 4.31 Å². The van der Waals surface area contributed by atoms with Crippen molar-refractivity contribution in [2.45, 2.75) is 76.0 Å². The molecule has 2 fully saturated rings. The molecule has 1 saturated carbocycles. The topological polar surface area (TPSA) is 142 Å². The van der Waals surface area contributed by atoms with E-state index in [2.05, 4.69) is 10.6 Å². The molecular weight excluding hydrogens is 462 g/mol. The Morgan fingerprint density at radius 1 is 1.15 bits per heavy atom. The Morgan fingerprint density at radius 2 is 1.85 bits per heavy atom. The van der Waals surface area contributed by atoms with Crippen LogP contribution in [0.25, 0.3) is 0 Å². The molecule has 3 unspecified atom stereocenters. The number of urea groups is 1. The number of imide groups is 1. The fraction of sp³-hybridized carbons (Fsp3) is 0.609. The third-order valence-electron chi connectivity index (χ3n) is 6.62. The van der Waals surface area contributed by atoms with E-state index in [4.69, 9.17) is 4.74 Å². The summed E-state index contributed by atoms with van der Waals surface area (Å²) in [7, 11) is -4.08. The molecule has 11 heteroatoms. The average Bonchev–Trinajstić information content (AvgIpc) is 3.18. The number of hydrogen-bond donors (Lipinski definition) is 3. The Morgan fingerprint density at radius 3 is 2.53 bits per heavy atom. The van der Waals surface area contributed by atoms with E-state index in [1.165, 1.54) is 12.1 Å². The summed E-state index contributed by atoms with van der Waals surface area (Å²) in [6.07, 6.45) is 2.77. The quantitative estimate of drug-likeness (QED) is 0.506. The maximum Gasteiger partial charge on any atom is 0.325 e. The zero-order valence-corrected chi connectivity index (χ0v) is 20.6. The number of aryl methyl sites for hydroxylation is 2. The van der Waals surface area contributed by atoms with Crippen LogP contribution in [0.1, 0.15) is 50.2 Å².